The Bertz CT molecular complexity index is 719. The number of rotatable bonds is 5. The summed E-state index contributed by atoms with van der Waals surface area (Å²) in [6, 6.07) is 9.44. The van der Waals surface area contributed by atoms with Crippen molar-refractivity contribution in [1.29, 1.82) is 0 Å². The lowest BCUT2D eigenvalue weighted by Gasteiger charge is -1.98. The number of nitrogens with zero attached hydrogens (tertiary/aromatic N) is 1. The van der Waals surface area contributed by atoms with Crippen molar-refractivity contribution in [3.63, 3.8) is 0 Å². The van der Waals surface area contributed by atoms with Crippen LogP contribution in [0.3, 0.4) is 0 Å². The molecule has 0 unspecified atom stereocenters. The van der Waals surface area contributed by atoms with E-state index in [2.05, 4.69) is 9.44 Å². The van der Waals surface area contributed by atoms with Crippen molar-refractivity contribution in [3.8, 4) is 0 Å². The smallest absolute Gasteiger partial charge is 0.294 e. The molecule has 0 bridgehead atoms. The van der Waals surface area contributed by atoms with Gasteiger partial charge in [0.1, 0.15) is 5.04 Å². The van der Waals surface area contributed by atoms with E-state index in [1.165, 1.54) is 17.8 Å². The fourth-order valence-electron chi connectivity index (χ4n) is 1.58. The molecule has 0 fully saturated rings. The zero-order valence-corrected chi connectivity index (χ0v) is 12.9. The lowest BCUT2D eigenvalue weighted by molar-refractivity contribution is -0.114. The van der Waals surface area contributed by atoms with Crippen LogP contribution in [-0.2, 0) is 25.6 Å². The highest BCUT2D eigenvalue weighted by molar-refractivity contribution is 8.18. The van der Waals surface area contributed by atoms with Crippen LogP contribution >= 0.6 is 11.8 Å². The Hall–Kier alpha value is -1.86. The van der Waals surface area contributed by atoms with Crippen molar-refractivity contribution < 1.29 is 17.5 Å². The van der Waals surface area contributed by atoms with E-state index in [4.69, 9.17) is 0 Å². The van der Waals surface area contributed by atoms with Crippen molar-refractivity contribution in [3.05, 3.63) is 59.0 Å². The van der Waals surface area contributed by atoms with E-state index in [0.717, 1.165) is 11.8 Å². The highest BCUT2D eigenvalue weighted by Crippen LogP contribution is 2.27. The van der Waals surface area contributed by atoms with Crippen LogP contribution in [0.5, 0.6) is 0 Å². The van der Waals surface area contributed by atoms with E-state index in [1.54, 1.807) is 12.2 Å². The number of ketones is 1. The first-order valence-corrected chi connectivity index (χ1v) is 8.67. The number of thioether (sulfide) groups is 1. The molecule has 0 aromatic heterocycles. The van der Waals surface area contributed by atoms with Gasteiger partial charge in [-0.2, -0.15) is 8.42 Å². The van der Waals surface area contributed by atoms with Gasteiger partial charge in [0, 0.05) is 11.3 Å². The number of carbonyl (C=O) groups is 1. The Morgan fingerprint density at radius 1 is 1.29 bits per heavy atom. The molecular weight excluding hydrogens is 310 g/mol. The van der Waals surface area contributed by atoms with Gasteiger partial charge in [-0.15, -0.1) is 0 Å². The lowest BCUT2D eigenvalue weighted by Crippen LogP contribution is -1.99. The van der Waals surface area contributed by atoms with E-state index < -0.39 is 10.1 Å². The van der Waals surface area contributed by atoms with E-state index in [-0.39, 0.29) is 5.78 Å². The van der Waals surface area contributed by atoms with Crippen LogP contribution < -0.4 is 0 Å². The Labute approximate surface area is 127 Å². The third kappa shape index (κ3) is 5.57. The largest absolute Gasteiger partial charge is 0.325 e. The zero-order chi connectivity index (χ0) is 15.3. The number of hydrogen-bond acceptors (Lipinski definition) is 6. The molecule has 1 aromatic rings. The average molecular weight is 323 g/mol. The molecule has 0 atom stereocenters. The van der Waals surface area contributed by atoms with Crippen molar-refractivity contribution in [2.24, 2.45) is 5.16 Å². The molecule has 110 valence electrons. The van der Waals surface area contributed by atoms with Gasteiger partial charge in [0.05, 0.1) is 6.26 Å². The fraction of sp³-hybridized carbons (Fsp3) is 0.143. The molecule has 21 heavy (non-hydrogen) atoms. The topological polar surface area (TPSA) is 72.8 Å². The molecule has 0 saturated heterocycles. The second-order valence-electron chi connectivity index (χ2n) is 4.32. The fourth-order valence-corrected chi connectivity index (χ4v) is 2.62. The summed E-state index contributed by atoms with van der Waals surface area (Å²) in [7, 11) is -3.61. The molecule has 5 nitrogen and oxygen atoms in total. The SMILES string of the molecule is CS(=O)(=O)ON=C1C=CC(=CC(=O)Cc2ccccc2)S1. The minimum Gasteiger partial charge on any atom is -0.294 e. The van der Waals surface area contributed by atoms with Gasteiger partial charge in [0.15, 0.2) is 5.78 Å². The predicted molar refractivity (Wildman–Crippen MR) is 83.3 cm³/mol. The first kappa shape index (κ1) is 15.5. The van der Waals surface area contributed by atoms with E-state index in [0.29, 0.717) is 16.4 Å². The van der Waals surface area contributed by atoms with Gasteiger partial charge >= 0.3 is 10.1 Å². The van der Waals surface area contributed by atoms with Crippen molar-refractivity contribution in [1.82, 2.24) is 0 Å². The Morgan fingerprint density at radius 3 is 2.67 bits per heavy atom. The van der Waals surface area contributed by atoms with Crippen LogP contribution in [0.4, 0.5) is 0 Å². The third-order valence-corrected chi connectivity index (χ3v) is 3.65. The molecule has 0 saturated carbocycles. The average Bonchev–Trinajstić information content (AvgIpc) is 2.84. The molecule has 2 rings (SSSR count). The molecule has 0 spiro atoms. The van der Waals surface area contributed by atoms with Crippen LogP contribution in [-0.4, -0.2) is 25.5 Å². The van der Waals surface area contributed by atoms with Gasteiger partial charge in [-0.25, -0.2) is 0 Å². The summed E-state index contributed by atoms with van der Waals surface area (Å²) in [5, 5.41) is 3.88. The number of hydrogen-bond donors (Lipinski definition) is 0. The summed E-state index contributed by atoms with van der Waals surface area (Å²) < 4.78 is 26.0. The van der Waals surface area contributed by atoms with Crippen molar-refractivity contribution in [2.45, 2.75) is 6.42 Å². The van der Waals surface area contributed by atoms with E-state index in [1.807, 2.05) is 30.3 Å². The van der Waals surface area contributed by atoms with Gasteiger partial charge in [-0.1, -0.05) is 47.2 Å². The van der Waals surface area contributed by atoms with E-state index >= 15 is 0 Å². The highest BCUT2D eigenvalue weighted by atomic mass is 32.2. The molecule has 7 heteroatoms. The van der Waals surface area contributed by atoms with Gasteiger partial charge < -0.3 is 0 Å². The second-order valence-corrected chi connectivity index (χ2v) is 6.97. The molecule has 0 aliphatic carbocycles. The van der Waals surface area contributed by atoms with Crippen LogP contribution in [0.2, 0.25) is 0 Å². The summed E-state index contributed by atoms with van der Waals surface area (Å²) in [6.07, 6.45) is 6.04. The molecule has 1 aromatic carbocycles. The first-order chi connectivity index (χ1) is 9.92. The quantitative estimate of drug-likeness (QED) is 0.614. The van der Waals surface area contributed by atoms with E-state index in [9.17, 15) is 13.2 Å². The number of benzene rings is 1. The van der Waals surface area contributed by atoms with Crippen LogP contribution in [0.1, 0.15) is 5.56 Å². The Kier molecular flexibility index (Phi) is 4.98. The monoisotopic (exact) mass is 323 g/mol. The molecular formula is C14H13NO4S2. The van der Waals surface area contributed by atoms with Crippen LogP contribution in [0, 0.1) is 0 Å². The summed E-state index contributed by atoms with van der Waals surface area (Å²) in [5.74, 6) is -0.0290. The molecule has 1 heterocycles. The maximum atomic E-state index is 11.9. The first-order valence-electron chi connectivity index (χ1n) is 6.03. The maximum Gasteiger partial charge on any atom is 0.325 e. The number of carbonyl (C=O) groups excluding carboxylic acids is 1. The second kappa shape index (κ2) is 6.73. The van der Waals surface area contributed by atoms with Gasteiger partial charge in [-0.3, -0.25) is 9.08 Å². The maximum absolute atomic E-state index is 11.9. The normalized spacial score (nSPS) is 18.3. The molecule has 0 radical (unpaired) electrons. The predicted octanol–water partition coefficient (Wildman–Crippen LogP) is 2.27. The van der Waals surface area contributed by atoms with Crippen molar-refractivity contribution in [2.75, 3.05) is 6.26 Å². The third-order valence-electron chi connectivity index (χ3n) is 2.40. The summed E-state index contributed by atoms with van der Waals surface area (Å²) in [4.78, 5) is 12.6. The summed E-state index contributed by atoms with van der Waals surface area (Å²) in [5.41, 5.74) is 0.945. The van der Waals surface area contributed by atoms with Crippen LogP contribution in [0.25, 0.3) is 0 Å². The lowest BCUT2D eigenvalue weighted by atomic mass is 10.1. The zero-order valence-electron chi connectivity index (χ0n) is 11.2. The summed E-state index contributed by atoms with van der Waals surface area (Å²) in [6.45, 7) is 0. The minimum absolute atomic E-state index is 0.0290. The highest BCUT2D eigenvalue weighted by Gasteiger charge is 2.12. The van der Waals surface area contributed by atoms with Crippen molar-refractivity contribution >= 4 is 32.7 Å². The Balaban J connectivity index is 1.95. The molecule has 0 amide bonds. The number of oxime groups is 1. The number of allylic oxidation sites excluding steroid dienone is 2. The van der Waals surface area contributed by atoms with Gasteiger partial charge in [0.2, 0.25) is 0 Å². The molecule has 0 N–H and O–H groups in total. The summed E-state index contributed by atoms with van der Waals surface area (Å²) >= 11 is 1.18. The van der Waals surface area contributed by atoms with Gasteiger partial charge in [-0.05, 0) is 23.8 Å². The minimum atomic E-state index is -3.61. The molecule has 1 aliphatic rings. The standard InChI is InChI=1S/C14H13NO4S2/c1-21(17,18)19-15-14-8-7-13(20-14)10-12(16)9-11-5-3-2-4-6-11/h2-8,10H,9H2,1H3. The van der Waals surface area contributed by atoms with Crippen LogP contribution in [0.15, 0.2) is 58.6 Å². The molecule has 1 aliphatic heterocycles. The van der Waals surface area contributed by atoms with Gasteiger partial charge in [0.25, 0.3) is 0 Å². The Morgan fingerprint density at radius 2 is 2.00 bits per heavy atom.